The molecule has 11 aromatic rings. The highest BCUT2D eigenvalue weighted by molar-refractivity contribution is 7.25. The minimum absolute atomic E-state index is 0.00158. The van der Waals surface area contributed by atoms with Crippen LogP contribution in [0.15, 0.2) is 174 Å². The maximum absolute atomic E-state index is 7.34. The topological polar surface area (TPSA) is 28.9 Å². The van der Waals surface area contributed by atoms with E-state index in [-0.39, 0.29) is 23.0 Å². The van der Waals surface area contributed by atoms with Crippen molar-refractivity contribution in [3.63, 3.8) is 0 Å². The standard InChI is InChI=1S/C68H61BN2O2S/c1-40-32-41(2)34-42(33-40)43-35-57-64-60(36-43)72-59-30-23-46(68(9,10)11)38-53(59)69(64)52-37-45(67(6,7)8)22-27-54(52)71(57)56-29-28-55(63-50-17-12-14-18-58(50)73-65(56)63)70(47-24-20-44(21-25-47)66(3,4)5)48-26-31-62-51(39-48)49-16-13-15-19-61(49)74-62/h12-39H,1-11H3. The molecule has 0 spiro atoms. The number of hydrogen-bond donors (Lipinski definition) is 0. The molecule has 0 unspecified atom stereocenters. The zero-order valence-corrected chi connectivity index (χ0v) is 45.2. The van der Waals surface area contributed by atoms with E-state index in [2.05, 4.69) is 256 Å². The number of thiophene rings is 1. The third kappa shape index (κ3) is 7.47. The van der Waals surface area contributed by atoms with Gasteiger partial charge < -0.3 is 19.0 Å². The van der Waals surface area contributed by atoms with Crippen LogP contribution in [0.5, 0.6) is 11.5 Å². The Morgan fingerprint density at radius 3 is 1.81 bits per heavy atom. The molecular weight excluding hydrogens is 920 g/mol. The number of hydrogen-bond acceptors (Lipinski definition) is 5. The summed E-state index contributed by atoms with van der Waals surface area (Å²) in [4.78, 5) is 4.94. The highest BCUT2D eigenvalue weighted by atomic mass is 32.1. The Bertz CT molecular complexity index is 4080. The molecule has 2 aliphatic heterocycles. The number of para-hydroxylation sites is 1. The molecular formula is C68H61BN2O2S. The van der Waals surface area contributed by atoms with Gasteiger partial charge in [0.05, 0.1) is 16.8 Å². The molecule has 2 aromatic heterocycles. The molecule has 0 amide bonds. The fourth-order valence-electron chi connectivity index (χ4n) is 11.8. The zero-order chi connectivity index (χ0) is 51.2. The van der Waals surface area contributed by atoms with E-state index in [1.54, 1.807) is 0 Å². The fourth-order valence-corrected chi connectivity index (χ4v) is 12.9. The van der Waals surface area contributed by atoms with Crippen molar-refractivity contribution < 1.29 is 9.15 Å². The van der Waals surface area contributed by atoms with Crippen LogP contribution in [0, 0.1) is 13.8 Å². The second-order valence-corrected chi connectivity index (χ2v) is 25.1. The van der Waals surface area contributed by atoms with E-state index in [1.807, 2.05) is 11.3 Å². The first-order chi connectivity index (χ1) is 35.4. The summed E-state index contributed by atoms with van der Waals surface area (Å²) in [5.74, 6) is 1.79. The van der Waals surface area contributed by atoms with Gasteiger partial charge >= 0.3 is 0 Å². The molecule has 0 saturated heterocycles. The highest BCUT2D eigenvalue weighted by Crippen LogP contribution is 2.52. The SMILES string of the molecule is Cc1cc(C)cc(-c2cc3c4c(c2)N(c2ccc(N(c5ccc(C(C)(C)C)cc5)c5ccc6sc7ccccc7c6c5)c5c2oc2ccccc25)c2ccc(C(C)(C)C)cc2B4c2cc(C(C)(C)C)ccc2O3)c1. The first-order valence-corrected chi connectivity index (χ1v) is 27.0. The molecule has 4 nitrogen and oxygen atoms in total. The van der Waals surface area contributed by atoms with Crippen molar-refractivity contribution in [2.45, 2.75) is 92.4 Å². The van der Waals surface area contributed by atoms with Crippen LogP contribution in [0.4, 0.5) is 34.1 Å². The van der Waals surface area contributed by atoms with Gasteiger partial charge in [-0.15, -0.1) is 11.3 Å². The van der Waals surface area contributed by atoms with Crippen molar-refractivity contribution in [3.8, 4) is 22.6 Å². The van der Waals surface area contributed by atoms with Gasteiger partial charge in [0.1, 0.15) is 17.1 Å². The molecule has 13 rings (SSSR count). The van der Waals surface area contributed by atoms with Gasteiger partial charge in [-0.2, -0.15) is 0 Å². The Kier molecular flexibility index (Phi) is 10.3. The number of fused-ring (bicyclic) bond motifs is 10. The maximum Gasteiger partial charge on any atom is 0.256 e. The second-order valence-electron chi connectivity index (χ2n) is 24.0. The van der Waals surface area contributed by atoms with Crippen molar-refractivity contribution in [3.05, 3.63) is 198 Å². The van der Waals surface area contributed by atoms with Crippen LogP contribution in [0.1, 0.15) is 90.1 Å². The van der Waals surface area contributed by atoms with Crippen molar-refractivity contribution >= 4 is 111 Å². The van der Waals surface area contributed by atoms with Crippen molar-refractivity contribution in [1.29, 1.82) is 0 Å². The number of anilines is 6. The number of ether oxygens (including phenoxy) is 1. The van der Waals surface area contributed by atoms with E-state index in [9.17, 15) is 0 Å². The minimum Gasteiger partial charge on any atom is -0.458 e. The average molecular weight is 981 g/mol. The Morgan fingerprint density at radius 1 is 0.473 bits per heavy atom. The zero-order valence-electron chi connectivity index (χ0n) is 44.4. The molecule has 0 aliphatic carbocycles. The molecule has 4 heterocycles. The lowest BCUT2D eigenvalue weighted by Gasteiger charge is -2.41. The molecule has 2 aliphatic rings. The van der Waals surface area contributed by atoms with Gasteiger partial charge in [-0.05, 0) is 153 Å². The Labute approximate surface area is 439 Å². The van der Waals surface area contributed by atoms with Gasteiger partial charge in [0.2, 0.25) is 0 Å². The largest absolute Gasteiger partial charge is 0.458 e. The van der Waals surface area contributed by atoms with Gasteiger partial charge in [0.25, 0.3) is 6.71 Å². The Morgan fingerprint density at radius 2 is 1.08 bits per heavy atom. The van der Waals surface area contributed by atoms with Crippen LogP contribution in [-0.4, -0.2) is 6.71 Å². The lowest BCUT2D eigenvalue weighted by molar-refractivity contribution is 0.486. The van der Waals surface area contributed by atoms with Crippen molar-refractivity contribution in [1.82, 2.24) is 0 Å². The molecule has 0 atom stereocenters. The summed E-state index contributed by atoms with van der Waals surface area (Å²) in [6.07, 6.45) is 0. The van der Waals surface area contributed by atoms with Gasteiger partial charge in [-0.3, -0.25) is 0 Å². The summed E-state index contributed by atoms with van der Waals surface area (Å²) < 4.78 is 17.1. The average Bonchev–Trinajstić information content (AvgIpc) is 3.94. The molecule has 74 heavy (non-hydrogen) atoms. The van der Waals surface area contributed by atoms with Gasteiger partial charge in [0.15, 0.2) is 5.58 Å². The molecule has 0 saturated carbocycles. The van der Waals surface area contributed by atoms with E-state index in [1.165, 1.54) is 64.4 Å². The quantitative estimate of drug-likeness (QED) is 0.161. The highest BCUT2D eigenvalue weighted by Gasteiger charge is 2.44. The lowest BCUT2D eigenvalue weighted by atomic mass is 9.33. The molecule has 6 heteroatoms. The third-order valence-electron chi connectivity index (χ3n) is 15.6. The first-order valence-electron chi connectivity index (χ1n) is 26.2. The molecule has 364 valence electrons. The predicted molar refractivity (Wildman–Crippen MR) is 318 cm³/mol. The smallest absolute Gasteiger partial charge is 0.256 e. The molecule has 9 aromatic carbocycles. The van der Waals surface area contributed by atoms with Crippen molar-refractivity contribution in [2.75, 3.05) is 9.80 Å². The van der Waals surface area contributed by atoms with Crippen LogP contribution in [0.25, 0.3) is 53.2 Å². The number of furan rings is 1. The number of nitrogens with zero attached hydrogens (tertiary/aromatic N) is 2. The second kappa shape index (κ2) is 16.5. The summed E-state index contributed by atoms with van der Waals surface area (Å²) in [6.45, 7) is 25.0. The third-order valence-corrected chi connectivity index (χ3v) is 16.8. The Balaban J connectivity index is 1.11. The molecule has 0 bridgehead atoms. The van der Waals surface area contributed by atoms with Gasteiger partial charge in [-0.1, -0.05) is 164 Å². The van der Waals surface area contributed by atoms with Gasteiger partial charge in [-0.25, -0.2) is 0 Å². The van der Waals surface area contributed by atoms with E-state index in [0.29, 0.717) is 0 Å². The summed E-state index contributed by atoms with van der Waals surface area (Å²) in [7, 11) is 0. The van der Waals surface area contributed by atoms with Crippen LogP contribution < -0.4 is 30.9 Å². The van der Waals surface area contributed by atoms with Gasteiger partial charge in [0, 0.05) is 48.3 Å². The van der Waals surface area contributed by atoms with E-state index < -0.39 is 0 Å². The van der Waals surface area contributed by atoms with Crippen molar-refractivity contribution in [2.24, 2.45) is 0 Å². The van der Waals surface area contributed by atoms with Crippen LogP contribution >= 0.6 is 11.3 Å². The van der Waals surface area contributed by atoms with E-state index >= 15 is 0 Å². The van der Waals surface area contributed by atoms with E-state index in [0.717, 1.165) is 78.7 Å². The molecule has 0 N–H and O–H groups in total. The summed E-state index contributed by atoms with van der Waals surface area (Å²) in [5, 5.41) is 4.65. The van der Waals surface area contributed by atoms with E-state index in [4.69, 9.17) is 9.15 Å². The summed E-state index contributed by atoms with van der Waals surface area (Å²) >= 11 is 1.85. The first kappa shape index (κ1) is 46.3. The minimum atomic E-state index is -0.0857. The summed E-state index contributed by atoms with van der Waals surface area (Å²) in [6, 6.07) is 63.7. The molecule has 0 fully saturated rings. The fraction of sp³-hybridized carbons (Fsp3) is 0.206. The number of benzene rings is 9. The normalized spacial score (nSPS) is 13.4. The molecule has 0 radical (unpaired) electrons. The number of rotatable bonds is 5. The van der Waals surface area contributed by atoms with Crippen LogP contribution in [0.2, 0.25) is 0 Å². The van der Waals surface area contributed by atoms with Crippen LogP contribution in [-0.2, 0) is 16.2 Å². The maximum atomic E-state index is 7.34. The predicted octanol–water partition coefficient (Wildman–Crippen LogP) is 18.0. The van der Waals surface area contributed by atoms with Crippen LogP contribution in [0.3, 0.4) is 0 Å². The number of aryl methyl sites for hydroxylation is 2. The monoisotopic (exact) mass is 980 g/mol. The summed E-state index contributed by atoms with van der Waals surface area (Å²) in [5.41, 5.74) is 20.2. The Hall–Kier alpha value is -7.54. The lowest BCUT2D eigenvalue weighted by Crippen LogP contribution is -2.60.